The van der Waals surface area contributed by atoms with Crippen LogP contribution in [0.25, 0.3) is 11.1 Å². The van der Waals surface area contributed by atoms with Crippen LogP contribution >= 0.6 is 0 Å². The monoisotopic (exact) mass is 421 g/mol. The minimum Gasteiger partial charge on any atom is -0.442 e. The summed E-state index contributed by atoms with van der Waals surface area (Å²) >= 11 is 0. The molecular formula is C23H27N5O3. The molecule has 0 aromatic carbocycles. The van der Waals surface area contributed by atoms with Crippen molar-refractivity contribution in [1.82, 2.24) is 9.97 Å². The van der Waals surface area contributed by atoms with E-state index in [0.717, 1.165) is 23.3 Å². The van der Waals surface area contributed by atoms with E-state index in [1.54, 1.807) is 18.5 Å². The fraction of sp³-hybridized carbons (Fsp3) is 0.435. The fourth-order valence-electron chi connectivity index (χ4n) is 4.42. The maximum absolute atomic E-state index is 13.0. The van der Waals surface area contributed by atoms with Gasteiger partial charge >= 0.3 is 0 Å². The number of hydrogen-bond acceptors (Lipinski definition) is 7. The Morgan fingerprint density at radius 2 is 2.06 bits per heavy atom. The number of piperidine rings is 1. The minimum atomic E-state index is -0.538. The van der Waals surface area contributed by atoms with Gasteiger partial charge in [-0.1, -0.05) is 13.8 Å². The number of hydrogen-bond donors (Lipinski definition) is 3. The average Bonchev–Trinajstić information content (AvgIpc) is 3.33. The minimum absolute atomic E-state index is 0.0203. The van der Waals surface area contributed by atoms with E-state index in [0.29, 0.717) is 36.3 Å². The summed E-state index contributed by atoms with van der Waals surface area (Å²) in [5, 5.41) is 14.0. The molecule has 8 nitrogen and oxygen atoms in total. The Balaban J connectivity index is 1.37. The zero-order chi connectivity index (χ0) is 21.7. The van der Waals surface area contributed by atoms with Crippen LogP contribution in [0, 0.1) is 11.8 Å². The number of pyridine rings is 2. The molecule has 2 aliphatic rings. The largest absolute Gasteiger partial charge is 0.442 e. The lowest BCUT2D eigenvalue weighted by atomic mass is 9.92. The van der Waals surface area contributed by atoms with Crippen molar-refractivity contribution in [3.63, 3.8) is 0 Å². The average molecular weight is 422 g/mol. The van der Waals surface area contributed by atoms with Crippen molar-refractivity contribution in [3.8, 4) is 0 Å². The van der Waals surface area contributed by atoms with Crippen LogP contribution in [0.15, 0.2) is 41.1 Å². The Morgan fingerprint density at radius 3 is 2.81 bits per heavy atom. The lowest BCUT2D eigenvalue weighted by Gasteiger charge is -2.40. The van der Waals surface area contributed by atoms with Crippen LogP contribution in [0.2, 0.25) is 0 Å². The van der Waals surface area contributed by atoms with Gasteiger partial charge in [-0.2, -0.15) is 0 Å². The highest BCUT2D eigenvalue weighted by molar-refractivity contribution is 6.05. The van der Waals surface area contributed by atoms with Gasteiger partial charge < -0.3 is 25.5 Å². The van der Waals surface area contributed by atoms with E-state index in [1.165, 1.54) is 0 Å². The predicted molar refractivity (Wildman–Crippen MR) is 118 cm³/mol. The highest BCUT2D eigenvalue weighted by atomic mass is 16.3. The summed E-state index contributed by atoms with van der Waals surface area (Å²) in [6.45, 7) is 5.31. The number of nitrogens with two attached hydrogens (primary N) is 1. The van der Waals surface area contributed by atoms with Gasteiger partial charge in [0, 0.05) is 42.6 Å². The number of aliphatic hydroxyl groups is 1. The molecule has 0 spiro atoms. The van der Waals surface area contributed by atoms with E-state index in [9.17, 15) is 9.90 Å². The summed E-state index contributed by atoms with van der Waals surface area (Å²) in [7, 11) is 0. The van der Waals surface area contributed by atoms with Crippen molar-refractivity contribution < 1.29 is 14.3 Å². The van der Waals surface area contributed by atoms with Crippen LogP contribution in [0.4, 0.5) is 11.4 Å². The summed E-state index contributed by atoms with van der Waals surface area (Å²) in [4.78, 5) is 23.6. The van der Waals surface area contributed by atoms with Crippen LogP contribution in [0.5, 0.6) is 0 Å². The molecule has 31 heavy (non-hydrogen) atoms. The van der Waals surface area contributed by atoms with Gasteiger partial charge in [-0.05, 0) is 36.6 Å². The number of aromatic nitrogens is 2. The number of carbonyl (C=O) groups is 1. The van der Waals surface area contributed by atoms with Crippen LogP contribution < -0.4 is 16.0 Å². The number of furan rings is 1. The van der Waals surface area contributed by atoms with Gasteiger partial charge in [0.05, 0.1) is 23.7 Å². The summed E-state index contributed by atoms with van der Waals surface area (Å²) < 4.78 is 5.91. The maximum atomic E-state index is 13.0. The highest BCUT2D eigenvalue weighted by Gasteiger charge is 2.37. The fourth-order valence-corrected chi connectivity index (χ4v) is 4.42. The third-order valence-electron chi connectivity index (χ3n) is 6.46. The lowest BCUT2D eigenvalue weighted by molar-refractivity contribution is 0.0785. The van der Waals surface area contributed by atoms with Gasteiger partial charge in [0.25, 0.3) is 5.91 Å². The van der Waals surface area contributed by atoms with Gasteiger partial charge in [0.2, 0.25) is 5.71 Å². The SMILES string of the molecule is C[C@@H]1C[C@@H]1c1cc2ccc(C(=O)Nc3cnccc3N3C[C@@H](N)[C@H](O)[C@@H](C)C3)nc2o1. The van der Waals surface area contributed by atoms with Crippen molar-refractivity contribution in [2.45, 2.75) is 38.3 Å². The summed E-state index contributed by atoms with van der Waals surface area (Å²) in [5.41, 5.74) is 8.28. The van der Waals surface area contributed by atoms with Crippen molar-refractivity contribution in [1.29, 1.82) is 0 Å². The van der Waals surface area contributed by atoms with Crippen molar-refractivity contribution in [2.24, 2.45) is 17.6 Å². The molecule has 8 heteroatoms. The summed E-state index contributed by atoms with van der Waals surface area (Å²) in [6.07, 6.45) is 3.89. The Labute approximate surface area is 180 Å². The van der Waals surface area contributed by atoms with Gasteiger partial charge in [-0.15, -0.1) is 0 Å². The van der Waals surface area contributed by atoms with Gasteiger partial charge in [-0.3, -0.25) is 9.78 Å². The molecule has 1 saturated carbocycles. The molecule has 3 aromatic rings. The molecule has 162 valence electrons. The molecule has 0 unspecified atom stereocenters. The summed E-state index contributed by atoms with van der Waals surface area (Å²) in [5.74, 6) is 1.73. The van der Waals surface area contributed by atoms with Crippen molar-refractivity contribution in [3.05, 3.63) is 48.1 Å². The second-order valence-electron chi connectivity index (χ2n) is 8.94. The zero-order valence-corrected chi connectivity index (χ0v) is 17.7. The molecule has 1 aliphatic heterocycles. The van der Waals surface area contributed by atoms with Gasteiger partial charge in [0.1, 0.15) is 11.5 Å². The molecule has 3 aromatic heterocycles. The molecule has 2 fully saturated rings. The molecular weight excluding hydrogens is 394 g/mol. The quantitative estimate of drug-likeness (QED) is 0.593. The third-order valence-corrected chi connectivity index (χ3v) is 6.46. The number of anilines is 2. The van der Waals surface area contributed by atoms with E-state index in [4.69, 9.17) is 10.2 Å². The molecule has 0 radical (unpaired) electrons. The second kappa shape index (κ2) is 7.62. The Kier molecular flexibility index (Phi) is 4.91. The first-order valence-electron chi connectivity index (χ1n) is 10.7. The highest BCUT2D eigenvalue weighted by Crippen LogP contribution is 2.48. The Morgan fingerprint density at radius 1 is 1.26 bits per heavy atom. The van der Waals surface area contributed by atoms with E-state index in [2.05, 4.69) is 27.1 Å². The normalized spacial score (nSPS) is 28.0. The molecule has 1 aliphatic carbocycles. The van der Waals surface area contributed by atoms with Crippen LogP contribution in [0.3, 0.4) is 0 Å². The number of amides is 1. The van der Waals surface area contributed by atoms with E-state index in [-0.39, 0.29) is 23.6 Å². The third kappa shape index (κ3) is 3.77. The second-order valence-corrected chi connectivity index (χ2v) is 8.94. The van der Waals surface area contributed by atoms with E-state index < -0.39 is 6.10 Å². The molecule has 4 heterocycles. The van der Waals surface area contributed by atoms with Crippen LogP contribution in [0.1, 0.15) is 42.4 Å². The van der Waals surface area contributed by atoms with Crippen LogP contribution in [-0.2, 0) is 0 Å². The molecule has 0 bridgehead atoms. The first-order valence-corrected chi connectivity index (χ1v) is 10.7. The number of rotatable bonds is 4. The van der Waals surface area contributed by atoms with Crippen molar-refractivity contribution in [2.75, 3.05) is 23.3 Å². The first kappa shape index (κ1) is 20.0. The van der Waals surface area contributed by atoms with E-state index >= 15 is 0 Å². The van der Waals surface area contributed by atoms with Crippen LogP contribution in [-0.4, -0.2) is 46.2 Å². The number of nitrogens with zero attached hydrogens (tertiary/aromatic N) is 3. The number of fused-ring (bicyclic) bond motifs is 1. The van der Waals surface area contributed by atoms with Crippen molar-refractivity contribution >= 4 is 28.4 Å². The zero-order valence-electron chi connectivity index (χ0n) is 17.7. The van der Waals surface area contributed by atoms with Gasteiger partial charge in [0.15, 0.2) is 0 Å². The standard InChI is InChI=1S/C23H27N5O3/c1-12-7-15(12)20-8-14-3-4-17(27-23(14)31-20)22(30)26-18-9-25-6-5-19(18)28-10-13(2)21(29)16(24)11-28/h3-6,8-9,12-13,15-16,21,29H,7,10-11,24H2,1-2H3,(H,26,30)/t12-,13+,15+,16-,21-/m1/s1. The smallest absolute Gasteiger partial charge is 0.274 e. The maximum Gasteiger partial charge on any atom is 0.274 e. The molecule has 5 atom stereocenters. The lowest BCUT2D eigenvalue weighted by Crippen LogP contribution is -2.55. The van der Waals surface area contributed by atoms with E-state index in [1.807, 2.05) is 25.1 Å². The molecule has 1 amide bonds. The topological polar surface area (TPSA) is 118 Å². The predicted octanol–water partition coefficient (Wildman–Crippen LogP) is 2.74. The molecule has 1 saturated heterocycles. The number of carbonyl (C=O) groups excluding carboxylic acids is 1. The number of aliphatic hydroxyl groups excluding tert-OH is 1. The Hall–Kier alpha value is -2.97. The molecule has 5 rings (SSSR count). The molecule has 4 N–H and O–H groups in total. The number of nitrogens with one attached hydrogen (secondary N) is 1. The summed E-state index contributed by atoms with van der Waals surface area (Å²) in [6, 6.07) is 7.09. The Bertz CT molecular complexity index is 1120. The van der Waals surface area contributed by atoms with Gasteiger partial charge in [-0.25, -0.2) is 4.98 Å². The first-order chi connectivity index (χ1) is 14.9.